The lowest BCUT2D eigenvalue weighted by atomic mass is 9.88. The number of carboxylic acids is 1. The Morgan fingerprint density at radius 2 is 1.94 bits per heavy atom. The number of thiophene rings is 1. The van der Waals surface area contributed by atoms with Crippen molar-refractivity contribution in [3.05, 3.63) is 63.6 Å². The van der Waals surface area contributed by atoms with E-state index in [2.05, 4.69) is 5.32 Å². The van der Waals surface area contributed by atoms with Crippen LogP contribution in [-0.4, -0.2) is 36.6 Å². The average molecular weight is 470 g/mol. The summed E-state index contributed by atoms with van der Waals surface area (Å²) in [6, 6.07) is 10.5. The third-order valence-corrected chi connectivity index (χ3v) is 6.48. The molecule has 33 heavy (non-hydrogen) atoms. The summed E-state index contributed by atoms with van der Waals surface area (Å²) in [6.07, 6.45) is 0.0804. The Hall–Kier alpha value is -3.92. The average Bonchev–Trinajstić information content (AvgIpc) is 3.17. The van der Waals surface area contributed by atoms with Crippen LogP contribution in [0.4, 0.5) is 10.1 Å². The van der Waals surface area contributed by atoms with Crippen molar-refractivity contribution in [2.24, 2.45) is 5.73 Å². The molecule has 0 fully saturated rings. The van der Waals surface area contributed by atoms with Gasteiger partial charge < -0.3 is 25.6 Å². The first-order chi connectivity index (χ1) is 15.8. The number of hydrogen-bond acceptors (Lipinski definition) is 6. The first-order valence-corrected chi connectivity index (χ1v) is 10.6. The molecule has 8 nitrogen and oxygen atoms in total. The lowest BCUT2D eigenvalue weighted by Gasteiger charge is -2.24. The predicted molar refractivity (Wildman–Crippen MR) is 119 cm³/mol. The molecule has 4 rings (SSSR count). The van der Waals surface area contributed by atoms with Crippen molar-refractivity contribution in [2.45, 2.75) is 12.3 Å². The van der Waals surface area contributed by atoms with E-state index >= 15 is 0 Å². The first kappa shape index (κ1) is 22.3. The fourth-order valence-corrected chi connectivity index (χ4v) is 5.02. The maximum Gasteiger partial charge on any atom is 0.346 e. The molecule has 0 spiro atoms. The van der Waals surface area contributed by atoms with Crippen LogP contribution in [-0.2, 0) is 9.59 Å². The summed E-state index contributed by atoms with van der Waals surface area (Å²) in [6.45, 7) is -0.354. The molecule has 0 bridgehead atoms. The van der Waals surface area contributed by atoms with Crippen LogP contribution < -0.4 is 20.5 Å². The molecule has 2 heterocycles. The third-order valence-electron chi connectivity index (χ3n) is 5.19. The topological polar surface area (TPSA) is 128 Å². The van der Waals surface area contributed by atoms with E-state index in [1.807, 2.05) is 0 Å². The molecule has 10 heteroatoms. The molecule has 1 aromatic heterocycles. The highest BCUT2D eigenvalue weighted by molar-refractivity contribution is 7.15. The number of rotatable bonds is 7. The first-order valence-electron chi connectivity index (χ1n) is 9.83. The zero-order valence-corrected chi connectivity index (χ0v) is 18.2. The minimum Gasteiger partial charge on any atom is -0.493 e. The van der Waals surface area contributed by atoms with E-state index in [1.54, 1.807) is 18.2 Å². The van der Waals surface area contributed by atoms with Crippen molar-refractivity contribution in [1.29, 1.82) is 0 Å². The number of halogens is 1. The lowest BCUT2D eigenvalue weighted by Crippen LogP contribution is -2.23. The zero-order chi connectivity index (χ0) is 23.7. The van der Waals surface area contributed by atoms with Crippen LogP contribution in [0.2, 0.25) is 0 Å². The quantitative estimate of drug-likeness (QED) is 0.484. The van der Waals surface area contributed by atoms with Gasteiger partial charge in [-0.3, -0.25) is 9.59 Å². The van der Waals surface area contributed by atoms with Crippen LogP contribution in [0, 0.1) is 5.82 Å². The Labute approximate surface area is 191 Å². The molecule has 2 aromatic carbocycles. The molecule has 170 valence electrons. The summed E-state index contributed by atoms with van der Waals surface area (Å²) in [5.74, 6) is -2.37. The summed E-state index contributed by atoms with van der Waals surface area (Å²) in [5.41, 5.74) is 7.05. The van der Waals surface area contributed by atoms with Crippen LogP contribution in [0.3, 0.4) is 0 Å². The number of carbonyl (C=O) groups excluding carboxylic acids is 2. The number of anilines is 1. The molecule has 2 amide bonds. The molecule has 1 aliphatic rings. The molecule has 0 unspecified atom stereocenters. The van der Waals surface area contributed by atoms with E-state index in [0.29, 0.717) is 33.0 Å². The van der Waals surface area contributed by atoms with E-state index in [4.69, 9.17) is 15.2 Å². The number of hydrogen-bond donors (Lipinski definition) is 3. The lowest BCUT2D eigenvalue weighted by molar-refractivity contribution is -0.120. The number of benzene rings is 2. The third kappa shape index (κ3) is 4.37. The summed E-state index contributed by atoms with van der Waals surface area (Å²) in [5, 5.41) is 12.6. The van der Waals surface area contributed by atoms with E-state index in [9.17, 15) is 23.9 Å². The van der Waals surface area contributed by atoms with Gasteiger partial charge in [0.15, 0.2) is 18.1 Å². The fraction of sp³-hybridized carbons (Fsp3) is 0.174. The van der Waals surface area contributed by atoms with Gasteiger partial charge >= 0.3 is 5.97 Å². The van der Waals surface area contributed by atoms with Gasteiger partial charge in [-0.05, 0) is 35.4 Å². The van der Waals surface area contributed by atoms with E-state index in [1.165, 1.54) is 31.4 Å². The largest absolute Gasteiger partial charge is 0.493 e. The molecule has 1 atom stereocenters. The molecular weight excluding hydrogens is 451 g/mol. The highest BCUT2D eigenvalue weighted by Gasteiger charge is 2.34. The summed E-state index contributed by atoms with van der Waals surface area (Å²) >= 11 is 1.05. The maximum absolute atomic E-state index is 13.4. The van der Waals surface area contributed by atoms with Gasteiger partial charge in [0.2, 0.25) is 5.91 Å². The van der Waals surface area contributed by atoms with E-state index < -0.39 is 23.6 Å². The summed E-state index contributed by atoms with van der Waals surface area (Å²) in [7, 11) is 1.45. The summed E-state index contributed by atoms with van der Waals surface area (Å²) < 4.78 is 24.2. The number of fused-ring (bicyclic) bond motifs is 1. The van der Waals surface area contributed by atoms with Gasteiger partial charge in [0.05, 0.1) is 12.8 Å². The Kier molecular flexibility index (Phi) is 6.01. The summed E-state index contributed by atoms with van der Waals surface area (Å²) in [4.78, 5) is 36.5. The standard InChI is InChI=1S/C23H19FN2O6S/c1-31-15-7-4-12(8-16(15)32-10-17(25)27)14-9-18(28)26-20-19(11-2-5-13(24)6-3-11)22(23(29)30)33-21(14)20/h2-8,14H,9-10H2,1H3,(H2,25,27)(H,26,28)(H,29,30)/t14-/m0/s1. The zero-order valence-electron chi connectivity index (χ0n) is 17.4. The second-order valence-electron chi connectivity index (χ2n) is 7.33. The van der Waals surface area contributed by atoms with Crippen LogP contribution in [0.15, 0.2) is 42.5 Å². The minimum atomic E-state index is -1.15. The van der Waals surface area contributed by atoms with Crippen molar-refractivity contribution in [1.82, 2.24) is 0 Å². The van der Waals surface area contributed by atoms with Gasteiger partial charge in [-0.25, -0.2) is 9.18 Å². The molecular formula is C23H19FN2O6S. The van der Waals surface area contributed by atoms with E-state index in [-0.39, 0.29) is 29.6 Å². The van der Waals surface area contributed by atoms with Gasteiger partial charge in [0.1, 0.15) is 10.7 Å². The smallest absolute Gasteiger partial charge is 0.346 e. The Morgan fingerprint density at radius 3 is 2.58 bits per heavy atom. The molecule has 0 saturated heterocycles. The monoisotopic (exact) mass is 470 g/mol. The van der Waals surface area contributed by atoms with Gasteiger partial charge in [-0.1, -0.05) is 18.2 Å². The SMILES string of the molecule is COc1ccc([C@@H]2CC(=O)Nc3c2sc(C(=O)O)c3-c2ccc(F)cc2)cc1OCC(N)=O. The molecule has 0 saturated carbocycles. The molecule has 0 radical (unpaired) electrons. The molecule has 0 aliphatic carbocycles. The van der Waals surface area contributed by atoms with Crippen LogP contribution in [0.1, 0.15) is 32.5 Å². The highest BCUT2D eigenvalue weighted by atomic mass is 32.1. The maximum atomic E-state index is 13.4. The Bertz CT molecular complexity index is 1250. The van der Waals surface area contributed by atoms with Crippen LogP contribution in [0.25, 0.3) is 11.1 Å². The normalized spacial score (nSPS) is 14.8. The van der Waals surface area contributed by atoms with Crippen molar-refractivity contribution in [3.8, 4) is 22.6 Å². The number of primary amides is 1. The number of amides is 2. The second kappa shape index (κ2) is 8.91. The van der Waals surface area contributed by atoms with Gasteiger partial charge in [0.25, 0.3) is 5.91 Å². The number of methoxy groups -OCH3 is 1. The van der Waals surface area contributed by atoms with Gasteiger partial charge in [-0.2, -0.15) is 0 Å². The van der Waals surface area contributed by atoms with Crippen LogP contribution in [0.5, 0.6) is 11.5 Å². The number of carboxylic acid groups (broad SMARTS) is 1. The molecule has 4 N–H and O–H groups in total. The van der Waals surface area contributed by atoms with Crippen molar-refractivity contribution in [2.75, 3.05) is 19.0 Å². The molecule has 1 aliphatic heterocycles. The molecule has 3 aromatic rings. The van der Waals surface area contributed by atoms with Gasteiger partial charge in [0, 0.05) is 22.8 Å². The van der Waals surface area contributed by atoms with Crippen LogP contribution >= 0.6 is 11.3 Å². The second-order valence-corrected chi connectivity index (χ2v) is 8.38. The predicted octanol–water partition coefficient (Wildman–Crippen LogP) is 3.60. The van der Waals surface area contributed by atoms with Crippen molar-refractivity contribution in [3.63, 3.8) is 0 Å². The number of aromatic carboxylic acids is 1. The minimum absolute atomic E-state index is 0.0394. The Morgan fingerprint density at radius 1 is 1.21 bits per heavy atom. The van der Waals surface area contributed by atoms with E-state index in [0.717, 1.165) is 11.3 Å². The number of nitrogens with one attached hydrogen (secondary N) is 1. The van der Waals surface area contributed by atoms with Crippen molar-refractivity contribution < 1.29 is 33.4 Å². The highest BCUT2D eigenvalue weighted by Crippen LogP contribution is 2.50. The fourth-order valence-electron chi connectivity index (χ4n) is 3.77. The number of nitrogens with two attached hydrogens (primary N) is 1. The van der Waals surface area contributed by atoms with Gasteiger partial charge in [-0.15, -0.1) is 11.3 Å². The Balaban J connectivity index is 1.84. The number of carbonyl (C=O) groups is 3. The number of ether oxygens (including phenoxy) is 2. The van der Waals surface area contributed by atoms with Crippen molar-refractivity contribution >= 4 is 34.8 Å².